The number of thiazole rings is 1. The third kappa shape index (κ3) is 2.86. The van der Waals surface area contributed by atoms with Crippen molar-refractivity contribution in [1.82, 2.24) is 4.98 Å². The molecule has 1 fully saturated rings. The Morgan fingerprint density at radius 3 is 2.53 bits per heavy atom. The van der Waals surface area contributed by atoms with E-state index in [1.807, 2.05) is 0 Å². The Bertz CT molecular complexity index is 392. The van der Waals surface area contributed by atoms with Crippen molar-refractivity contribution < 1.29 is 9.90 Å². The Morgan fingerprint density at radius 2 is 2.06 bits per heavy atom. The lowest BCUT2D eigenvalue weighted by molar-refractivity contribution is -0.142. The number of carbonyl (C=O) groups is 1. The molecule has 0 unspecified atom stereocenters. The number of nitrogens with zero attached hydrogens (tertiary/aromatic N) is 1. The van der Waals surface area contributed by atoms with Crippen LogP contribution in [0.4, 0.5) is 0 Å². The summed E-state index contributed by atoms with van der Waals surface area (Å²) >= 11 is 1.74. The van der Waals surface area contributed by atoms with Crippen molar-refractivity contribution in [2.24, 2.45) is 5.92 Å². The molecule has 0 bridgehead atoms. The maximum Gasteiger partial charge on any atom is 0.306 e. The minimum atomic E-state index is -0.634. The van der Waals surface area contributed by atoms with E-state index in [2.05, 4.69) is 24.2 Å². The molecule has 1 saturated carbocycles. The molecule has 1 N–H and O–H groups in total. The standard InChI is InChI=1S/C13H19NO2S/c1-8(2)11-7-17-12(14-11)9-3-5-10(6-4-9)13(15)16/h7-10H,3-6H2,1-2H3,(H,15,16). The molecule has 4 heteroatoms. The van der Waals surface area contributed by atoms with Gasteiger partial charge in [-0.05, 0) is 31.6 Å². The molecule has 0 spiro atoms. The average molecular weight is 253 g/mol. The number of carboxylic acids is 1. The van der Waals surface area contributed by atoms with Gasteiger partial charge in [0, 0.05) is 11.3 Å². The highest BCUT2D eigenvalue weighted by molar-refractivity contribution is 7.09. The Kier molecular flexibility index (Phi) is 3.82. The second-order valence-electron chi connectivity index (χ2n) is 5.15. The molecule has 2 rings (SSSR count). The first-order chi connectivity index (χ1) is 8.08. The smallest absolute Gasteiger partial charge is 0.306 e. The number of carboxylic acid groups (broad SMARTS) is 1. The molecule has 3 nitrogen and oxygen atoms in total. The first kappa shape index (κ1) is 12.6. The number of aromatic nitrogens is 1. The molecule has 1 aliphatic rings. The van der Waals surface area contributed by atoms with Crippen LogP contribution in [0.25, 0.3) is 0 Å². The lowest BCUT2D eigenvalue weighted by Gasteiger charge is -2.24. The summed E-state index contributed by atoms with van der Waals surface area (Å²) < 4.78 is 0. The van der Waals surface area contributed by atoms with Crippen LogP contribution in [0.2, 0.25) is 0 Å². The van der Waals surface area contributed by atoms with Crippen LogP contribution in [0.3, 0.4) is 0 Å². The highest BCUT2D eigenvalue weighted by Crippen LogP contribution is 2.37. The second kappa shape index (κ2) is 5.17. The van der Waals surface area contributed by atoms with Crippen molar-refractivity contribution in [1.29, 1.82) is 0 Å². The Labute approximate surface area is 106 Å². The minimum Gasteiger partial charge on any atom is -0.481 e. The lowest BCUT2D eigenvalue weighted by Crippen LogP contribution is -2.20. The molecule has 1 heterocycles. The molecule has 0 amide bonds. The van der Waals surface area contributed by atoms with Crippen LogP contribution < -0.4 is 0 Å². The predicted molar refractivity (Wildman–Crippen MR) is 68.5 cm³/mol. The molecule has 0 aliphatic heterocycles. The van der Waals surface area contributed by atoms with Gasteiger partial charge in [0.05, 0.1) is 16.6 Å². The van der Waals surface area contributed by atoms with E-state index in [1.165, 1.54) is 10.7 Å². The highest BCUT2D eigenvalue weighted by Gasteiger charge is 2.28. The van der Waals surface area contributed by atoms with Gasteiger partial charge in [-0.3, -0.25) is 4.79 Å². The normalized spacial score (nSPS) is 25.1. The zero-order valence-corrected chi connectivity index (χ0v) is 11.2. The van der Waals surface area contributed by atoms with Crippen LogP contribution in [0, 0.1) is 5.92 Å². The van der Waals surface area contributed by atoms with E-state index in [9.17, 15) is 4.79 Å². The SMILES string of the molecule is CC(C)c1csc(C2CCC(C(=O)O)CC2)n1. The van der Waals surface area contributed by atoms with E-state index in [4.69, 9.17) is 5.11 Å². The van der Waals surface area contributed by atoms with Crippen molar-refractivity contribution in [3.05, 3.63) is 16.1 Å². The average Bonchev–Trinajstić information content (AvgIpc) is 2.78. The van der Waals surface area contributed by atoms with Crippen molar-refractivity contribution in [3.63, 3.8) is 0 Å². The molecule has 94 valence electrons. The van der Waals surface area contributed by atoms with E-state index in [0.29, 0.717) is 11.8 Å². The summed E-state index contributed by atoms with van der Waals surface area (Å²) in [6.45, 7) is 4.31. The number of hydrogen-bond acceptors (Lipinski definition) is 3. The molecule has 1 aromatic heterocycles. The van der Waals surface area contributed by atoms with Crippen LogP contribution in [0.1, 0.15) is 62.1 Å². The van der Waals surface area contributed by atoms with Gasteiger partial charge in [-0.15, -0.1) is 11.3 Å². The second-order valence-corrected chi connectivity index (χ2v) is 6.04. The molecule has 0 saturated heterocycles. The van der Waals surface area contributed by atoms with Gasteiger partial charge in [-0.1, -0.05) is 13.8 Å². The van der Waals surface area contributed by atoms with Crippen LogP contribution >= 0.6 is 11.3 Å². The fourth-order valence-electron chi connectivity index (χ4n) is 2.34. The minimum absolute atomic E-state index is 0.129. The summed E-state index contributed by atoms with van der Waals surface area (Å²) in [6, 6.07) is 0. The third-order valence-corrected chi connectivity index (χ3v) is 4.58. The fraction of sp³-hybridized carbons (Fsp3) is 0.692. The van der Waals surface area contributed by atoms with Crippen LogP contribution in [-0.2, 0) is 4.79 Å². The molecule has 17 heavy (non-hydrogen) atoms. The summed E-state index contributed by atoms with van der Waals surface area (Å²) in [7, 11) is 0. The van der Waals surface area contributed by atoms with E-state index >= 15 is 0 Å². The third-order valence-electron chi connectivity index (χ3n) is 3.56. The van der Waals surface area contributed by atoms with Crippen LogP contribution in [0.5, 0.6) is 0 Å². The molecule has 0 aromatic carbocycles. The van der Waals surface area contributed by atoms with Gasteiger partial charge in [0.25, 0.3) is 0 Å². The van der Waals surface area contributed by atoms with Gasteiger partial charge in [0.1, 0.15) is 0 Å². The van der Waals surface area contributed by atoms with E-state index in [1.54, 1.807) is 11.3 Å². The summed E-state index contributed by atoms with van der Waals surface area (Å²) in [5.74, 6) is 0.208. The van der Waals surface area contributed by atoms with E-state index in [-0.39, 0.29) is 5.92 Å². The van der Waals surface area contributed by atoms with Gasteiger partial charge >= 0.3 is 5.97 Å². The topological polar surface area (TPSA) is 50.2 Å². The predicted octanol–water partition coefficient (Wildman–Crippen LogP) is 3.62. The highest BCUT2D eigenvalue weighted by atomic mass is 32.1. The van der Waals surface area contributed by atoms with Gasteiger partial charge in [0.2, 0.25) is 0 Å². The molecule has 1 aliphatic carbocycles. The van der Waals surface area contributed by atoms with Crippen molar-refractivity contribution in [2.45, 2.75) is 51.4 Å². The molecular formula is C13H19NO2S. The van der Waals surface area contributed by atoms with Gasteiger partial charge in [0.15, 0.2) is 0 Å². The Morgan fingerprint density at radius 1 is 1.41 bits per heavy atom. The maximum absolute atomic E-state index is 10.9. The summed E-state index contributed by atoms with van der Waals surface area (Å²) in [6.07, 6.45) is 3.55. The largest absolute Gasteiger partial charge is 0.481 e. The maximum atomic E-state index is 10.9. The number of aliphatic carboxylic acids is 1. The van der Waals surface area contributed by atoms with Crippen LogP contribution in [-0.4, -0.2) is 16.1 Å². The molecule has 0 atom stereocenters. The molecule has 0 radical (unpaired) electrons. The zero-order chi connectivity index (χ0) is 12.4. The molecule has 1 aromatic rings. The summed E-state index contributed by atoms with van der Waals surface area (Å²) in [5.41, 5.74) is 1.17. The Balaban J connectivity index is 1.98. The van der Waals surface area contributed by atoms with Gasteiger partial charge in [-0.25, -0.2) is 4.98 Å². The first-order valence-electron chi connectivity index (χ1n) is 6.26. The number of hydrogen-bond donors (Lipinski definition) is 1. The fourth-order valence-corrected chi connectivity index (χ4v) is 3.49. The quantitative estimate of drug-likeness (QED) is 0.895. The van der Waals surface area contributed by atoms with Gasteiger partial charge < -0.3 is 5.11 Å². The van der Waals surface area contributed by atoms with Crippen molar-refractivity contribution in [2.75, 3.05) is 0 Å². The first-order valence-corrected chi connectivity index (χ1v) is 7.14. The van der Waals surface area contributed by atoms with Crippen molar-refractivity contribution in [3.8, 4) is 0 Å². The van der Waals surface area contributed by atoms with Crippen molar-refractivity contribution >= 4 is 17.3 Å². The Hall–Kier alpha value is -0.900. The van der Waals surface area contributed by atoms with Gasteiger partial charge in [-0.2, -0.15) is 0 Å². The monoisotopic (exact) mass is 253 g/mol. The summed E-state index contributed by atoms with van der Waals surface area (Å²) in [5, 5.41) is 12.3. The van der Waals surface area contributed by atoms with E-state index < -0.39 is 5.97 Å². The van der Waals surface area contributed by atoms with Crippen LogP contribution in [0.15, 0.2) is 5.38 Å². The number of rotatable bonds is 3. The summed E-state index contributed by atoms with van der Waals surface area (Å²) in [4.78, 5) is 15.6. The zero-order valence-electron chi connectivity index (χ0n) is 10.3. The van der Waals surface area contributed by atoms with E-state index in [0.717, 1.165) is 25.7 Å². The lowest BCUT2D eigenvalue weighted by atomic mass is 9.82. The molecular weight excluding hydrogens is 234 g/mol.